The Kier molecular flexibility index (Phi) is 4.39. The summed E-state index contributed by atoms with van der Waals surface area (Å²) in [6.07, 6.45) is -4.96. The summed E-state index contributed by atoms with van der Waals surface area (Å²) in [5.41, 5.74) is 2.38. The van der Waals surface area contributed by atoms with E-state index in [9.17, 15) is 13.2 Å². The van der Waals surface area contributed by atoms with E-state index < -0.39 is 6.36 Å². The van der Waals surface area contributed by atoms with Crippen molar-refractivity contribution in [3.63, 3.8) is 0 Å². The van der Waals surface area contributed by atoms with Crippen LogP contribution in [0.15, 0.2) is 42.5 Å². The molecule has 27 heavy (non-hydrogen) atoms. The van der Waals surface area contributed by atoms with Crippen LogP contribution in [-0.4, -0.2) is 22.6 Å². The van der Waals surface area contributed by atoms with E-state index >= 15 is 0 Å². The molecule has 9 heteroatoms. The largest absolute Gasteiger partial charge is 0.573 e. The van der Waals surface area contributed by atoms with E-state index in [2.05, 4.69) is 9.72 Å². The maximum Gasteiger partial charge on any atom is 0.573 e. The molecule has 0 radical (unpaired) electrons. The quantitative estimate of drug-likeness (QED) is 0.603. The third-order valence-corrected chi connectivity index (χ3v) is 4.57. The predicted octanol–water partition coefficient (Wildman–Crippen LogP) is 5.10. The minimum absolute atomic E-state index is 0.242. The lowest BCUT2D eigenvalue weighted by molar-refractivity contribution is -0.274. The Morgan fingerprint density at radius 1 is 1.19 bits per heavy atom. The van der Waals surface area contributed by atoms with Gasteiger partial charge in [0.1, 0.15) is 24.4 Å². The van der Waals surface area contributed by atoms with Gasteiger partial charge >= 0.3 is 6.36 Å². The number of alkyl halides is 3. The Labute approximate surface area is 157 Å². The average Bonchev–Trinajstić information content (AvgIpc) is 2.87. The molecule has 0 unspecified atom stereocenters. The first-order valence-electron chi connectivity index (χ1n) is 8.18. The van der Waals surface area contributed by atoms with Crippen molar-refractivity contribution in [2.24, 2.45) is 0 Å². The highest BCUT2D eigenvalue weighted by Crippen LogP contribution is 2.31. The van der Waals surface area contributed by atoms with Crippen molar-refractivity contribution in [3.05, 3.63) is 53.3 Å². The molecule has 1 aliphatic rings. The molecule has 1 atom stereocenters. The van der Waals surface area contributed by atoms with E-state index in [4.69, 9.17) is 16.3 Å². The first-order chi connectivity index (χ1) is 12.8. The lowest BCUT2D eigenvalue weighted by Crippen LogP contribution is -2.26. The number of rotatable bonds is 2. The highest BCUT2D eigenvalue weighted by Gasteiger charge is 2.31. The summed E-state index contributed by atoms with van der Waals surface area (Å²) >= 11 is 6.13. The van der Waals surface area contributed by atoms with Gasteiger partial charge in [0, 0.05) is 10.7 Å². The average molecular weight is 398 g/mol. The second kappa shape index (κ2) is 6.61. The summed E-state index contributed by atoms with van der Waals surface area (Å²) < 4.78 is 48.8. The van der Waals surface area contributed by atoms with Crippen LogP contribution < -0.4 is 9.64 Å². The molecule has 0 amide bonds. The Bertz CT molecular complexity index is 972. The highest BCUT2D eigenvalue weighted by atomic mass is 35.5. The van der Waals surface area contributed by atoms with Crippen LogP contribution in [0.25, 0.3) is 11.0 Å². The minimum atomic E-state index is -4.72. The smallest absolute Gasteiger partial charge is 0.406 e. The van der Waals surface area contributed by atoms with Gasteiger partial charge in [-0.05, 0) is 49.4 Å². The molecule has 2 heterocycles. The Morgan fingerprint density at radius 2 is 1.93 bits per heavy atom. The fraction of sp³-hybridized carbons (Fsp3) is 0.278. The summed E-state index contributed by atoms with van der Waals surface area (Å²) in [5.74, 6) is 0.503. The van der Waals surface area contributed by atoms with Crippen LogP contribution in [0.5, 0.6) is 5.75 Å². The molecule has 0 fully saturated rings. The topological polar surface area (TPSA) is 39.5 Å². The van der Waals surface area contributed by atoms with Crippen LogP contribution >= 0.6 is 11.6 Å². The van der Waals surface area contributed by atoms with E-state index in [1.165, 1.54) is 12.1 Å². The highest BCUT2D eigenvalue weighted by molar-refractivity contribution is 6.31. The summed E-state index contributed by atoms with van der Waals surface area (Å²) in [5, 5.41) is 0.600. The predicted molar refractivity (Wildman–Crippen MR) is 94.7 cm³/mol. The normalized spacial score (nSPS) is 17.7. The third kappa shape index (κ3) is 3.68. The Morgan fingerprint density at radius 3 is 2.63 bits per heavy atom. The first-order valence-corrected chi connectivity index (χ1v) is 8.56. The number of nitrogens with zero attached hydrogens (tertiary/aromatic N) is 3. The monoisotopic (exact) mass is 397 g/mol. The summed E-state index contributed by atoms with van der Waals surface area (Å²) in [4.78, 5) is 6.52. The summed E-state index contributed by atoms with van der Waals surface area (Å²) in [6, 6.07) is 11.1. The van der Waals surface area contributed by atoms with E-state index in [-0.39, 0.29) is 18.6 Å². The van der Waals surface area contributed by atoms with E-state index in [0.29, 0.717) is 17.4 Å². The molecular formula is C18H15ClF3N3O2. The van der Waals surface area contributed by atoms with Gasteiger partial charge in [0.2, 0.25) is 0 Å². The molecule has 1 aliphatic heterocycles. The van der Waals surface area contributed by atoms with Crippen molar-refractivity contribution in [2.75, 3.05) is 11.6 Å². The SMILES string of the molecule is C[C@H]1OCN(c2ccc(OC(F)(F)F)cc2)Cn2c1nc1ccc(Cl)cc12. The molecule has 142 valence electrons. The van der Waals surface area contributed by atoms with Gasteiger partial charge in [-0.25, -0.2) is 4.98 Å². The van der Waals surface area contributed by atoms with Gasteiger partial charge in [-0.3, -0.25) is 0 Å². The van der Waals surface area contributed by atoms with Crippen molar-refractivity contribution in [1.29, 1.82) is 0 Å². The molecule has 1 aromatic heterocycles. The number of anilines is 1. The van der Waals surface area contributed by atoms with Gasteiger partial charge in [0.05, 0.1) is 17.7 Å². The Hall–Kier alpha value is -2.45. The molecule has 0 saturated heterocycles. The van der Waals surface area contributed by atoms with Gasteiger partial charge in [0.25, 0.3) is 0 Å². The van der Waals surface area contributed by atoms with Crippen LogP contribution in [0.3, 0.4) is 0 Å². The first kappa shape index (κ1) is 17.9. The zero-order valence-electron chi connectivity index (χ0n) is 14.2. The number of hydrogen-bond donors (Lipinski definition) is 0. The fourth-order valence-electron chi connectivity index (χ4n) is 3.08. The van der Waals surface area contributed by atoms with Gasteiger partial charge < -0.3 is 18.9 Å². The zero-order chi connectivity index (χ0) is 19.2. The number of aromatic nitrogens is 2. The van der Waals surface area contributed by atoms with Crippen molar-refractivity contribution in [1.82, 2.24) is 9.55 Å². The van der Waals surface area contributed by atoms with Crippen molar-refractivity contribution < 1.29 is 22.6 Å². The maximum absolute atomic E-state index is 12.3. The van der Waals surface area contributed by atoms with Crippen LogP contribution in [0, 0.1) is 0 Å². The van der Waals surface area contributed by atoms with Crippen molar-refractivity contribution >= 4 is 28.3 Å². The molecule has 0 saturated carbocycles. The molecule has 3 aromatic rings. The van der Waals surface area contributed by atoms with Gasteiger partial charge in [-0.1, -0.05) is 11.6 Å². The second-order valence-corrected chi connectivity index (χ2v) is 6.63. The van der Waals surface area contributed by atoms with E-state index in [1.54, 1.807) is 18.2 Å². The molecule has 5 nitrogen and oxygen atoms in total. The van der Waals surface area contributed by atoms with Gasteiger partial charge in [-0.15, -0.1) is 13.2 Å². The van der Waals surface area contributed by atoms with Crippen LogP contribution in [0.4, 0.5) is 18.9 Å². The minimum Gasteiger partial charge on any atom is -0.406 e. The Balaban J connectivity index is 1.66. The lowest BCUT2D eigenvalue weighted by Gasteiger charge is -2.23. The number of imidazole rings is 1. The van der Waals surface area contributed by atoms with Crippen molar-refractivity contribution in [2.45, 2.75) is 26.1 Å². The number of ether oxygens (including phenoxy) is 2. The van der Waals surface area contributed by atoms with Crippen LogP contribution in [0.1, 0.15) is 18.9 Å². The third-order valence-electron chi connectivity index (χ3n) is 4.33. The number of hydrogen-bond acceptors (Lipinski definition) is 4. The summed E-state index contributed by atoms with van der Waals surface area (Å²) in [7, 11) is 0. The molecule has 0 N–H and O–H groups in total. The molecule has 0 bridgehead atoms. The van der Waals surface area contributed by atoms with Crippen LogP contribution in [0.2, 0.25) is 5.02 Å². The number of benzene rings is 2. The molecule has 4 rings (SSSR count). The van der Waals surface area contributed by atoms with E-state index in [1.807, 2.05) is 28.5 Å². The molecule has 2 aromatic carbocycles. The molecule has 0 spiro atoms. The lowest BCUT2D eigenvalue weighted by atomic mass is 10.3. The zero-order valence-corrected chi connectivity index (χ0v) is 15.0. The maximum atomic E-state index is 12.3. The van der Waals surface area contributed by atoms with Crippen molar-refractivity contribution in [3.8, 4) is 5.75 Å². The molecular weight excluding hydrogens is 383 g/mol. The summed E-state index contributed by atoms with van der Waals surface area (Å²) in [6.45, 7) is 2.60. The second-order valence-electron chi connectivity index (χ2n) is 6.19. The van der Waals surface area contributed by atoms with E-state index in [0.717, 1.165) is 16.9 Å². The van der Waals surface area contributed by atoms with Crippen LogP contribution in [-0.2, 0) is 11.4 Å². The van der Waals surface area contributed by atoms with Gasteiger partial charge in [0.15, 0.2) is 0 Å². The van der Waals surface area contributed by atoms with Gasteiger partial charge in [-0.2, -0.15) is 0 Å². The molecule has 0 aliphatic carbocycles. The number of halogens is 4. The fourth-order valence-corrected chi connectivity index (χ4v) is 3.24. The standard InChI is InChI=1S/C18H15ClF3N3O2/c1-11-17-23-15-7-2-12(19)8-16(15)25(17)9-24(10-26-11)13-3-5-14(6-4-13)27-18(20,21)22/h2-8,11H,9-10H2,1H3/t11-/m1/s1. The number of fused-ring (bicyclic) bond motifs is 3.